The van der Waals surface area contributed by atoms with E-state index in [1.165, 1.54) is 12.1 Å². The summed E-state index contributed by atoms with van der Waals surface area (Å²) in [6.07, 6.45) is 1.37. The Kier molecular flexibility index (Phi) is 3.87. The van der Waals surface area contributed by atoms with Gasteiger partial charge >= 0.3 is 0 Å². The van der Waals surface area contributed by atoms with Gasteiger partial charge in [0.1, 0.15) is 18.1 Å². The van der Waals surface area contributed by atoms with Gasteiger partial charge in [0.15, 0.2) is 0 Å². The minimum atomic E-state index is -0.360. The van der Waals surface area contributed by atoms with Crippen LogP contribution >= 0.6 is 0 Å². The number of hydrazine groups is 2. The number of anilines is 1. The second kappa shape index (κ2) is 5.58. The Hall–Kier alpha value is -1.97. The normalized spacial score (nSPS) is 23.6. The molecule has 1 heterocycles. The molecule has 0 amide bonds. The van der Waals surface area contributed by atoms with Crippen LogP contribution in [0.3, 0.4) is 0 Å². The predicted molar refractivity (Wildman–Crippen MR) is 63.4 cm³/mol. The number of rotatable bonds is 4. The molecule has 5 nitrogen and oxygen atoms in total. The SMILES string of the molecule is N#CC1CC(C=O)CN1NNc1cccc(F)c1. The van der Waals surface area contributed by atoms with Gasteiger partial charge in [0.2, 0.25) is 0 Å². The number of nitriles is 1. The molecule has 2 atom stereocenters. The van der Waals surface area contributed by atoms with Crippen LogP contribution in [0.2, 0.25) is 0 Å². The number of nitrogens with zero attached hydrogens (tertiary/aromatic N) is 2. The lowest BCUT2D eigenvalue weighted by molar-refractivity contribution is -0.110. The number of benzene rings is 1. The summed E-state index contributed by atoms with van der Waals surface area (Å²) in [5.74, 6) is -0.484. The number of nitrogens with one attached hydrogen (secondary N) is 2. The van der Waals surface area contributed by atoms with Gasteiger partial charge in [0.05, 0.1) is 11.8 Å². The average molecular weight is 248 g/mol. The lowest BCUT2D eigenvalue weighted by atomic mass is 10.1. The molecule has 0 aliphatic carbocycles. The van der Waals surface area contributed by atoms with Gasteiger partial charge in [-0.3, -0.25) is 0 Å². The third-order valence-electron chi connectivity index (χ3n) is 2.84. The number of hydrogen-bond acceptors (Lipinski definition) is 5. The molecule has 2 N–H and O–H groups in total. The lowest BCUT2D eigenvalue weighted by Crippen LogP contribution is -2.44. The fourth-order valence-corrected chi connectivity index (χ4v) is 1.92. The number of halogens is 1. The van der Waals surface area contributed by atoms with Gasteiger partial charge < -0.3 is 10.2 Å². The second-order valence-corrected chi connectivity index (χ2v) is 4.18. The Morgan fingerprint density at radius 3 is 3.06 bits per heavy atom. The summed E-state index contributed by atoms with van der Waals surface area (Å²) >= 11 is 0. The van der Waals surface area contributed by atoms with Crippen molar-refractivity contribution in [2.75, 3.05) is 12.0 Å². The van der Waals surface area contributed by atoms with Crippen molar-refractivity contribution in [2.24, 2.45) is 5.92 Å². The smallest absolute Gasteiger partial charge is 0.125 e. The van der Waals surface area contributed by atoms with Crippen molar-refractivity contribution >= 4 is 12.0 Å². The number of carbonyl (C=O) groups is 1. The van der Waals surface area contributed by atoms with Crippen LogP contribution in [0.25, 0.3) is 0 Å². The molecule has 1 aliphatic rings. The van der Waals surface area contributed by atoms with Gasteiger partial charge in [-0.1, -0.05) is 6.07 Å². The maximum atomic E-state index is 12.9. The highest BCUT2D eigenvalue weighted by molar-refractivity contribution is 5.55. The highest BCUT2D eigenvalue weighted by Gasteiger charge is 2.31. The fourth-order valence-electron chi connectivity index (χ4n) is 1.92. The van der Waals surface area contributed by atoms with E-state index in [1.54, 1.807) is 17.1 Å². The lowest BCUT2D eigenvalue weighted by Gasteiger charge is -2.21. The Balaban J connectivity index is 1.94. The minimum absolute atomic E-state index is 0.142. The monoisotopic (exact) mass is 248 g/mol. The van der Waals surface area contributed by atoms with Crippen molar-refractivity contribution in [3.63, 3.8) is 0 Å². The van der Waals surface area contributed by atoms with E-state index in [4.69, 9.17) is 5.26 Å². The zero-order valence-electron chi connectivity index (χ0n) is 9.64. The third-order valence-corrected chi connectivity index (χ3v) is 2.84. The quantitative estimate of drug-likeness (QED) is 0.616. The molecule has 94 valence electrons. The fraction of sp³-hybridized carbons (Fsp3) is 0.333. The molecule has 0 radical (unpaired) electrons. The minimum Gasteiger partial charge on any atom is -0.308 e. The molecule has 1 aliphatic heterocycles. The molecule has 1 saturated heterocycles. The van der Waals surface area contributed by atoms with Crippen molar-refractivity contribution in [1.29, 1.82) is 5.26 Å². The Morgan fingerprint density at radius 1 is 1.56 bits per heavy atom. The number of carbonyl (C=O) groups excluding carboxylic acids is 1. The largest absolute Gasteiger partial charge is 0.308 e. The van der Waals surface area contributed by atoms with Crippen LogP contribution < -0.4 is 11.0 Å². The van der Waals surface area contributed by atoms with Gasteiger partial charge in [-0.25, -0.2) is 9.40 Å². The highest BCUT2D eigenvalue weighted by atomic mass is 19.1. The summed E-state index contributed by atoms with van der Waals surface area (Å²) in [7, 11) is 0. The van der Waals surface area contributed by atoms with Crippen LogP contribution in [0.4, 0.5) is 10.1 Å². The summed E-state index contributed by atoms with van der Waals surface area (Å²) in [5, 5.41) is 10.6. The van der Waals surface area contributed by atoms with Gasteiger partial charge in [-0.05, 0) is 24.6 Å². The van der Waals surface area contributed by atoms with E-state index < -0.39 is 0 Å². The average Bonchev–Trinajstić information content (AvgIpc) is 2.79. The first-order chi connectivity index (χ1) is 8.72. The maximum Gasteiger partial charge on any atom is 0.125 e. The Morgan fingerprint density at radius 2 is 2.39 bits per heavy atom. The topological polar surface area (TPSA) is 68.2 Å². The van der Waals surface area contributed by atoms with Gasteiger partial charge in [0.25, 0.3) is 0 Å². The molecule has 2 unspecified atom stereocenters. The Bertz CT molecular complexity index is 473. The summed E-state index contributed by atoms with van der Waals surface area (Å²) in [5.41, 5.74) is 6.19. The van der Waals surface area contributed by atoms with Crippen molar-refractivity contribution in [3.8, 4) is 6.07 Å². The molecule has 0 spiro atoms. The molecule has 1 aromatic rings. The van der Waals surface area contributed by atoms with Crippen molar-refractivity contribution in [3.05, 3.63) is 30.1 Å². The van der Waals surface area contributed by atoms with Gasteiger partial charge in [-0.2, -0.15) is 10.8 Å². The number of aldehydes is 1. The van der Waals surface area contributed by atoms with Crippen LogP contribution in [-0.2, 0) is 4.79 Å². The van der Waals surface area contributed by atoms with E-state index in [0.717, 1.165) is 6.29 Å². The zero-order chi connectivity index (χ0) is 13.0. The molecule has 1 fully saturated rings. The van der Waals surface area contributed by atoms with Gasteiger partial charge in [-0.15, -0.1) is 0 Å². The standard InChI is InChI=1S/C12H13FN4O/c13-10-2-1-3-11(5-10)15-16-17-7-9(8-18)4-12(17)6-14/h1-3,5,8-9,12,15-16H,4,7H2. The molecule has 0 saturated carbocycles. The molecule has 6 heteroatoms. The van der Waals surface area contributed by atoms with E-state index in [0.29, 0.717) is 18.7 Å². The summed E-state index contributed by atoms with van der Waals surface area (Å²) in [6, 6.07) is 7.72. The van der Waals surface area contributed by atoms with Gasteiger partial charge in [0, 0.05) is 12.5 Å². The highest BCUT2D eigenvalue weighted by Crippen LogP contribution is 2.19. The van der Waals surface area contributed by atoms with E-state index in [9.17, 15) is 9.18 Å². The Labute approximate surface area is 104 Å². The van der Waals surface area contributed by atoms with E-state index in [2.05, 4.69) is 17.0 Å². The summed E-state index contributed by atoms with van der Waals surface area (Å²) < 4.78 is 12.9. The zero-order valence-corrected chi connectivity index (χ0v) is 9.64. The van der Waals surface area contributed by atoms with Crippen LogP contribution in [0.5, 0.6) is 0 Å². The first-order valence-corrected chi connectivity index (χ1v) is 5.61. The first kappa shape index (κ1) is 12.5. The van der Waals surface area contributed by atoms with Crippen molar-refractivity contribution < 1.29 is 9.18 Å². The van der Waals surface area contributed by atoms with Crippen LogP contribution in [0.15, 0.2) is 24.3 Å². The van der Waals surface area contributed by atoms with Crippen molar-refractivity contribution in [1.82, 2.24) is 10.5 Å². The van der Waals surface area contributed by atoms with Crippen molar-refractivity contribution in [2.45, 2.75) is 12.5 Å². The van der Waals surface area contributed by atoms with Crippen LogP contribution in [0.1, 0.15) is 6.42 Å². The molecule has 2 rings (SSSR count). The number of hydrogen-bond donors (Lipinski definition) is 2. The molecule has 0 aromatic heterocycles. The first-order valence-electron chi connectivity index (χ1n) is 5.61. The van der Waals surface area contributed by atoms with E-state index in [-0.39, 0.29) is 17.8 Å². The molecular formula is C12H13FN4O. The van der Waals surface area contributed by atoms with Crippen LogP contribution in [-0.4, -0.2) is 23.9 Å². The summed E-state index contributed by atoms with van der Waals surface area (Å²) in [4.78, 5) is 10.7. The second-order valence-electron chi connectivity index (χ2n) is 4.18. The maximum absolute atomic E-state index is 12.9. The van der Waals surface area contributed by atoms with Crippen LogP contribution in [0, 0.1) is 23.1 Å². The molecule has 1 aromatic carbocycles. The molecule has 18 heavy (non-hydrogen) atoms. The predicted octanol–water partition coefficient (Wildman–Crippen LogP) is 1.07. The third kappa shape index (κ3) is 2.83. The van der Waals surface area contributed by atoms with E-state index >= 15 is 0 Å². The molecular weight excluding hydrogens is 235 g/mol. The molecule has 0 bridgehead atoms. The van der Waals surface area contributed by atoms with E-state index in [1.807, 2.05) is 0 Å². The summed E-state index contributed by atoms with van der Waals surface area (Å²) in [6.45, 7) is 0.462.